The van der Waals surface area contributed by atoms with Gasteiger partial charge >= 0.3 is 0 Å². The van der Waals surface area contributed by atoms with Crippen molar-refractivity contribution in [3.05, 3.63) is 34.7 Å². The summed E-state index contributed by atoms with van der Waals surface area (Å²) in [5.41, 5.74) is 0.0256. The Labute approximate surface area is 114 Å². The van der Waals surface area contributed by atoms with Crippen LogP contribution in [0, 0.1) is 0 Å². The van der Waals surface area contributed by atoms with Crippen molar-refractivity contribution in [2.75, 3.05) is 20.8 Å². The molecule has 0 saturated carbocycles. The third-order valence-electron chi connectivity index (χ3n) is 2.59. The first-order valence-corrected chi connectivity index (χ1v) is 6.56. The lowest BCUT2D eigenvalue weighted by atomic mass is 10.2. The second-order valence-electron chi connectivity index (χ2n) is 3.73. The lowest BCUT2D eigenvalue weighted by molar-refractivity contribution is -0.0317. The molecule has 1 aromatic heterocycles. The molecule has 0 aromatic carbocycles. The third-order valence-corrected chi connectivity index (χ3v) is 2.59. The molecule has 0 spiro atoms. The van der Waals surface area contributed by atoms with Crippen molar-refractivity contribution in [2.45, 2.75) is 39.0 Å². The summed E-state index contributed by atoms with van der Waals surface area (Å²) in [6, 6.07) is 3.10. The van der Waals surface area contributed by atoms with Gasteiger partial charge in [0.05, 0.1) is 12.7 Å². The van der Waals surface area contributed by atoms with E-state index in [1.54, 1.807) is 31.6 Å². The Morgan fingerprint density at radius 2 is 1.89 bits per heavy atom. The fraction of sp³-hybridized carbons (Fsp3) is 0.643. The summed E-state index contributed by atoms with van der Waals surface area (Å²) in [5.74, 6) is 0. The molecular formula is C14H25NO4. The van der Waals surface area contributed by atoms with Crippen LogP contribution in [0.15, 0.2) is 29.3 Å². The van der Waals surface area contributed by atoms with Crippen molar-refractivity contribution < 1.29 is 14.6 Å². The maximum absolute atomic E-state index is 10.9. The second-order valence-corrected chi connectivity index (χ2v) is 3.73. The van der Waals surface area contributed by atoms with E-state index in [0.29, 0.717) is 6.61 Å². The molecule has 1 aliphatic rings. The molecule has 2 rings (SSSR count). The first-order valence-electron chi connectivity index (χ1n) is 6.56. The van der Waals surface area contributed by atoms with Crippen LogP contribution in [0.2, 0.25) is 0 Å². The first-order chi connectivity index (χ1) is 9.29. The monoisotopic (exact) mass is 271 g/mol. The lowest BCUT2D eigenvalue weighted by Crippen LogP contribution is -2.16. The molecule has 0 radical (unpaired) electrons. The van der Waals surface area contributed by atoms with E-state index in [2.05, 4.69) is 0 Å². The summed E-state index contributed by atoms with van der Waals surface area (Å²) < 4.78 is 12.7. The predicted molar refractivity (Wildman–Crippen MR) is 75.2 cm³/mol. The highest BCUT2D eigenvalue weighted by molar-refractivity contribution is 4.95. The highest BCUT2D eigenvalue weighted by Crippen LogP contribution is 2.27. The van der Waals surface area contributed by atoms with Gasteiger partial charge in [-0.2, -0.15) is 0 Å². The number of ether oxygens (including phenoxy) is 2. The minimum Gasteiger partial charge on any atom is -0.400 e. The summed E-state index contributed by atoms with van der Waals surface area (Å²) in [6.45, 7) is 4.64. The number of aliphatic hydroxyl groups excluding tert-OH is 1. The molecule has 1 aromatic rings. The van der Waals surface area contributed by atoms with Gasteiger partial charge in [-0.1, -0.05) is 13.8 Å². The standard InChI is InChI=1S/C11H15NO3.C2H6.CH4O/c1-14-8-10-2-3-11(15-10)12-6-4-9(13)5-7-12;2*1-2/h4-7,10-11H,2-3,8H2,1H3;1-2H3;2H,1H3. The minimum atomic E-state index is 0.0256. The van der Waals surface area contributed by atoms with Gasteiger partial charge in [-0.15, -0.1) is 0 Å². The van der Waals surface area contributed by atoms with Crippen LogP contribution in [0.1, 0.15) is 32.9 Å². The zero-order valence-electron chi connectivity index (χ0n) is 12.2. The van der Waals surface area contributed by atoms with Crippen LogP contribution in [-0.2, 0) is 9.47 Å². The van der Waals surface area contributed by atoms with Crippen molar-refractivity contribution in [1.29, 1.82) is 0 Å². The lowest BCUT2D eigenvalue weighted by Gasteiger charge is -2.15. The Bertz CT molecular complexity index is 357. The Hall–Kier alpha value is -1.17. The van der Waals surface area contributed by atoms with E-state index in [0.717, 1.165) is 20.0 Å². The molecule has 2 unspecified atom stereocenters. The average Bonchev–Trinajstić information content (AvgIpc) is 2.93. The number of aliphatic hydroxyl groups is 1. The van der Waals surface area contributed by atoms with Crippen LogP contribution in [0.4, 0.5) is 0 Å². The quantitative estimate of drug-likeness (QED) is 0.910. The Kier molecular flexibility index (Phi) is 10.1. The molecule has 1 fully saturated rings. The van der Waals surface area contributed by atoms with Gasteiger partial charge in [-0.05, 0) is 12.8 Å². The zero-order chi connectivity index (χ0) is 14.7. The van der Waals surface area contributed by atoms with E-state index in [9.17, 15) is 4.79 Å². The minimum absolute atomic E-state index is 0.0256. The second kappa shape index (κ2) is 10.7. The predicted octanol–water partition coefficient (Wildman–Crippen LogP) is 1.81. The smallest absolute Gasteiger partial charge is 0.181 e. The number of rotatable bonds is 3. The Balaban J connectivity index is 0.000000741. The fourth-order valence-corrected chi connectivity index (χ4v) is 1.83. The van der Waals surface area contributed by atoms with Crippen LogP contribution in [0.3, 0.4) is 0 Å². The van der Waals surface area contributed by atoms with E-state index in [-0.39, 0.29) is 17.8 Å². The van der Waals surface area contributed by atoms with Gasteiger partial charge in [0.1, 0.15) is 6.23 Å². The maximum atomic E-state index is 10.9. The average molecular weight is 271 g/mol. The molecule has 5 heteroatoms. The number of nitrogens with zero attached hydrogens (tertiary/aromatic N) is 1. The summed E-state index contributed by atoms with van der Waals surface area (Å²) in [5, 5.41) is 7.00. The van der Waals surface area contributed by atoms with Gasteiger partial charge < -0.3 is 19.1 Å². The molecule has 0 amide bonds. The summed E-state index contributed by atoms with van der Waals surface area (Å²) in [7, 11) is 2.68. The SMILES string of the molecule is CC.CO.COCC1CCC(n2ccc(=O)cc2)O1. The van der Waals surface area contributed by atoms with E-state index in [4.69, 9.17) is 14.6 Å². The molecular weight excluding hydrogens is 246 g/mol. The normalized spacial score (nSPS) is 20.9. The van der Waals surface area contributed by atoms with Crippen molar-refractivity contribution in [1.82, 2.24) is 4.57 Å². The van der Waals surface area contributed by atoms with E-state index >= 15 is 0 Å². The van der Waals surface area contributed by atoms with Crippen LogP contribution < -0.4 is 5.43 Å². The molecule has 1 N–H and O–H groups in total. The van der Waals surface area contributed by atoms with Gasteiger partial charge in [0.2, 0.25) is 0 Å². The molecule has 110 valence electrons. The van der Waals surface area contributed by atoms with E-state index < -0.39 is 0 Å². The topological polar surface area (TPSA) is 60.7 Å². The van der Waals surface area contributed by atoms with Crippen molar-refractivity contribution in [3.8, 4) is 0 Å². The van der Waals surface area contributed by atoms with E-state index in [1.807, 2.05) is 18.4 Å². The molecule has 19 heavy (non-hydrogen) atoms. The van der Waals surface area contributed by atoms with Gasteiger partial charge in [0.25, 0.3) is 0 Å². The van der Waals surface area contributed by atoms with Crippen molar-refractivity contribution >= 4 is 0 Å². The van der Waals surface area contributed by atoms with Gasteiger partial charge in [-0.25, -0.2) is 0 Å². The number of methoxy groups -OCH3 is 1. The third kappa shape index (κ3) is 6.00. The highest BCUT2D eigenvalue weighted by Gasteiger charge is 2.25. The Morgan fingerprint density at radius 3 is 2.42 bits per heavy atom. The van der Waals surface area contributed by atoms with Crippen molar-refractivity contribution in [2.24, 2.45) is 0 Å². The summed E-state index contributed by atoms with van der Waals surface area (Å²) >= 11 is 0. The first kappa shape index (κ1) is 17.8. The van der Waals surface area contributed by atoms with Crippen LogP contribution >= 0.6 is 0 Å². The number of aromatic nitrogens is 1. The molecule has 1 saturated heterocycles. The van der Waals surface area contributed by atoms with E-state index in [1.165, 1.54) is 0 Å². The maximum Gasteiger partial charge on any atom is 0.181 e. The van der Waals surface area contributed by atoms with Crippen LogP contribution in [0.5, 0.6) is 0 Å². The molecule has 2 atom stereocenters. The van der Waals surface area contributed by atoms with Crippen LogP contribution in [-0.4, -0.2) is 36.6 Å². The molecule has 5 nitrogen and oxygen atoms in total. The summed E-state index contributed by atoms with van der Waals surface area (Å²) in [4.78, 5) is 10.9. The number of hydrogen-bond donors (Lipinski definition) is 1. The van der Waals surface area contributed by atoms with Gasteiger partial charge in [-0.3, -0.25) is 4.79 Å². The van der Waals surface area contributed by atoms with Gasteiger partial charge in [0, 0.05) is 38.7 Å². The number of pyridine rings is 1. The molecule has 2 heterocycles. The van der Waals surface area contributed by atoms with Gasteiger partial charge in [0.15, 0.2) is 5.43 Å². The Morgan fingerprint density at radius 1 is 1.32 bits per heavy atom. The summed E-state index contributed by atoms with van der Waals surface area (Å²) in [6.07, 6.45) is 5.73. The highest BCUT2D eigenvalue weighted by atomic mass is 16.5. The van der Waals surface area contributed by atoms with Crippen LogP contribution in [0.25, 0.3) is 0 Å². The molecule has 0 bridgehead atoms. The number of hydrogen-bond acceptors (Lipinski definition) is 4. The molecule has 0 aliphatic carbocycles. The fourth-order valence-electron chi connectivity index (χ4n) is 1.83. The largest absolute Gasteiger partial charge is 0.400 e. The van der Waals surface area contributed by atoms with Crippen molar-refractivity contribution in [3.63, 3.8) is 0 Å². The zero-order valence-corrected chi connectivity index (χ0v) is 12.2. The molecule has 1 aliphatic heterocycles.